The molecule has 1 aromatic carbocycles. The summed E-state index contributed by atoms with van der Waals surface area (Å²) >= 11 is 0. The zero-order valence-electron chi connectivity index (χ0n) is 15.7. The highest BCUT2D eigenvalue weighted by atomic mass is 19.1. The van der Waals surface area contributed by atoms with E-state index in [1.807, 2.05) is 30.6 Å². The summed E-state index contributed by atoms with van der Waals surface area (Å²) < 4.78 is 15.2. The van der Waals surface area contributed by atoms with Gasteiger partial charge in [0, 0.05) is 43.5 Å². The Morgan fingerprint density at radius 1 is 1.15 bits per heavy atom. The molecule has 5 heteroatoms. The Hall–Kier alpha value is -2.53. The molecule has 3 aromatic rings. The van der Waals surface area contributed by atoms with E-state index < -0.39 is 0 Å². The molecule has 2 aromatic heterocycles. The van der Waals surface area contributed by atoms with Gasteiger partial charge in [0.15, 0.2) is 0 Å². The van der Waals surface area contributed by atoms with Crippen LogP contribution in [0.1, 0.15) is 42.8 Å². The molecule has 27 heavy (non-hydrogen) atoms. The summed E-state index contributed by atoms with van der Waals surface area (Å²) in [7, 11) is 0. The summed E-state index contributed by atoms with van der Waals surface area (Å²) in [6, 6.07) is 13.1. The molecule has 0 radical (unpaired) electrons. The van der Waals surface area contributed by atoms with E-state index >= 15 is 0 Å². The number of imidazole rings is 1. The van der Waals surface area contributed by atoms with Gasteiger partial charge in [-0.25, -0.2) is 14.4 Å². The molecule has 1 aliphatic heterocycles. The van der Waals surface area contributed by atoms with E-state index in [0.29, 0.717) is 5.92 Å². The lowest BCUT2D eigenvalue weighted by molar-refractivity contribution is 0.198. The van der Waals surface area contributed by atoms with Crippen molar-refractivity contribution in [1.82, 2.24) is 19.4 Å². The second kappa shape index (κ2) is 8.01. The van der Waals surface area contributed by atoms with Gasteiger partial charge in [-0.05, 0) is 49.2 Å². The van der Waals surface area contributed by atoms with Crippen molar-refractivity contribution < 1.29 is 4.39 Å². The van der Waals surface area contributed by atoms with E-state index in [2.05, 4.69) is 33.5 Å². The number of rotatable bonds is 5. The normalized spacial score (nSPS) is 17.9. The zero-order valence-corrected chi connectivity index (χ0v) is 15.7. The molecule has 0 bridgehead atoms. The minimum Gasteiger partial charge on any atom is -0.298 e. The van der Waals surface area contributed by atoms with Crippen molar-refractivity contribution in [1.29, 1.82) is 0 Å². The average molecular weight is 364 g/mol. The van der Waals surface area contributed by atoms with Gasteiger partial charge >= 0.3 is 0 Å². The molecule has 1 fully saturated rings. The van der Waals surface area contributed by atoms with Crippen molar-refractivity contribution in [2.45, 2.75) is 38.6 Å². The largest absolute Gasteiger partial charge is 0.298 e. The third-order valence-corrected chi connectivity index (χ3v) is 5.28. The number of aryl methyl sites for hydroxylation is 1. The summed E-state index contributed by atoms with van der Waals surface area (Å²) in [6.45, 7) is 5.03. The van der Waals surface area contributed by atoms with Crippen LogP contribution in [-0.4, -0.2) is 32.5 Å². The van der Waals surface area contributed by atoms with Crippen molar-refractivity contribution in [2.75, 3.05) is 13.1 Å². The number of hydrogen-bond acceptors (Lipinski definition) is 3. The molecule has 4 rings (SSSR count). The highest BCUT2D eigenvalue weighted by Gasteiger charge is 2.23. The smallest absolute Gasteiger partial charge is 0.138 e. The number of pyridine rings is 1. The molecule has 0 saturated carbocycles. The number of aromatic nitrogens is 3. The van der Waals surface area contributed by atoms with Crippen LogP contribution in [0.15, 0.2) is 54.9 Å². The minimum absolute atomic E-state index is 0.178. The molecule has 1 atom stereocenters. The Morgan fingerprint density at radius 3 is 2.81 bits per heavy atom. The molecule has 0 N–H and O–H groups in total. The number of benzene rings is 1. The van der Waals surface area contributed by atoms with Crippen LogP contribution < -0.4 is 0 Å². The van der Waals surface area contributed by atoms with Gasteiger partial charge in [0.25, 0.3) is 0 Å². The summed E-state index contributed by atoms with van der Waals surface area (Å²) in [5.74, 6) is 2.22. The third kappa shape index (κ3) is 4.08. The summed E-state index contributed by atoms with van der Waals surface area (Å²) in [5.41, 5.74) is 2.30. The molecule has 4 nitrogen and oxygen atoms in total. The summed E-state index contributed by atoms with van der Waals surface area (Å²) in [6.07, 6.45) is 7.00. The minimum atomic E-state index is -0.178. The molecule has 0 aliphatic carbocycles. The van der Waals surface area contributed by atoms with Crippen molar-refractivity contribution in [3.8, 4) is 5.82 Å². The second-order valence-corrected chi connectivity index (χ2v) is 7.19. The summed E-state index contributed by atoms with van der Waals surface area (Å²) in [5, 5.41) is 0. The molecule has 3 heterocycles. The lowest BCUT2D eigenvalue weighted by atomic mass is 9.94. The molecule has 1 saturated heterocycles. The van der Waals surface area contributed by atoms with E-state index in [4.69, 9.17) is 4.98 Å². The number of hydrogen-bond donors (Lipinski definition) is 0. The van der Waals surface area contributed by atoms with Gasteiger partial charge in [-0.3, -0.25) is 9.47 Å². The van der Waals surface area contributed by atoms with Crippen LogP contribution >= 0.6 is 0 Å². The van der Waals surface area contributed by atoms with Crippen molar-refractivity contribution in [3.05, 3.63) is 77.8 Å². The lowest BCUT2D eigenvalue weighted by Gasteiger charge is -2.32. The lowest BCUT2D eigenvalue weighted by Crippen LogP contribution is -2.34. The van der Waals surface area contributed by atoms with Gasteiger partial charge in [-0.15, -0.1) is 0 Å². The molecular formula is C22H25FN4. The van der Waals surface area contributed by atoms with Gasteiger partial charge in [-0.1, -0.05) is 25.1 Å². The zero-order chi connectivity index (χ0) is 18.6. The van der Waals surface area contributed by atoms with Crippen molar-refractivity contribution in [2.24, 2.45) is 0 Å². The maximum absolute atomic E-state index is 13.1. The average Bonchev–Trinajstić information content (AvgIpc) is 3.19. The van der Waals surface area contributed by atoms with Crippen molar-refractivity contribution >= 4 is 0 Å². The van der Waals surface area contributed by atoms with Crippen LogP contribution in [0.2, 0.25) is 0 Å². The van der Waals surface area contributed by atoms with Crippen LogP contribution in [0.3, 0.4) is 0 Å². The van der Waals surface area contributed by atoms with Crippen LogP contribution in [0.4, 0.5) is 4.39 Å². The van der Waals surface area contributed by atoms with Crippen LogP contribution in [0, 0.1) is 5.82 Å². The first-order valence-electron chi connectivity index (χ1n) is 9.69. The topological polar surface area (TPSA) is 34.0 Å². The number of nitrogens with zero attached hydrogens (tertiary/aromatic N) is 4. The second-order valence-electron chi connectivity index (χ2n) is 7.19. The molecule has 1 aliphatic rings. The Bertz CT molecular complexity index is 887. The molecule has 140 valence electrons. The van der Waals surface area contributed by atoms with Gasteiger partial charge in [0.2, 0.25) is 0 Å². The van der Waals surface area contributed by atoms with Crippen molar-refractivity contribution in [3.63, 3.8) is 0 Å². The quantitative estimate of drug-likeness (QED) is 0.675. The van der Waals surface area contributed by atoms with Crippen LogP contribution in [0.5, 0.6) is 0 Å². The van der Waals surface area contributed by atoms with Crippen LogP contribution in [0.25, 0.3) is 5.82 Å². The third-order valence-electron chi connectivity index (χ3n) is 5.28. The number of halogens is 1. The fourth-order valence-electron chi connectivity index (χ4n) is 3.89. The number of likely N-dealkylation sites (tertiary alicyclic amines) is 1. The Balaban J connectivity index is 1.49. The van der Waals surface area contributed by atoms with E-state index in [1.165, 1.54) is 12.1 Å². The van der Waals surface area contributed by atoms with Gasteiger partial charge in [0.05, 0.1) is 0 Å². The summed E-state index contributed by atoms with van der Waals surface area (Å²) in [4.78, 5) is 11.8. The Kier molecular flexibility index (Phi) is 5.30. The fourth-order valence-corrected chi connectivity index (χ4v) is 3.89. The maximum Gasteiger partial charge on any atom is 0.138 e. The maximum atomic E-state index is 13.1. The SMILES string of the molecule is CCc1nccn1-c1cccc([C@@H]2CCCN(Cc3ccc(F)cc3)C2)n1. The molecule has 0 amide bonds. The Labute approximate surface area is 159 Å². The predicted octanol–water partition coefficient (Wildman–Crippen LogP) is 4.35. The number of piperidine rings is 1. The first kappa shape index (κ1) is 17.9. The standard InChI is InChI=1S/C22H25FN4/c1-2-21-24-12-14-27(21)22-7-3-6-20(25-22)18-5-4-13-26(16-18)15-17-8-10-19(23)11-9-17/h3,6-12,14,18H,2,4-5,13,15-16H2,1H3/t18-/m1/s1. The first-order chi connectivity index (χ1) is 13.2. The Morgan fingerprint density at radius 2 is 2.00 bits per heavy atom. The van der Waals surface area contributed by atoms with Crippen LogP contribution in [-0.2, 0) is 13.0 Å². The van der Waals surface area contributed by atoms with E-state index in [9.17, 15) is 4.39 Å². The first-order valence-corrected chi connectivity index (χ1v) is 9.69. The van der Waals surface area contributed by atoms with Gasteiger partial charge in [0.1, 0.15) is 17.5 Å². The highest BCUT2D eigenvalue weighted by molar-refractivity contribution is 5.28. The molecule has 0 spiro atoms. The molecular weight excluding hydrogens is 339 g/mol. The monoisotopic (exact) mass is 364 g/mol. The molecule has 0 unspecified atom stereocenters. The van der Waals surface area contributed by atoms with E-state index in [-0.39, 0.29) is 5.82 Å². The van der Waals surface area contributed by atoms with Gasteiger partial charge in [-0.2, -0.15) is 0 Å². The van der Waals surface area contributed by atoms with Gasteiger partial charge < -0.3 is 0 Å². The van der Waals surface area contributed by atoms with E-state index in [0.717, 1.165) is 61.8 Å². The van der Waals surface area contributed by atoms with E-state index in [1.54, 1.807) is 0 Å². The predicted molar refractivity (Wildman–Crippen MR) is 104 cm³/mol. The highest BCUT2D eigenvalue weighted by Crippen LogP contribution is 2.27. The fraction of sp³-hybridized carbons (Fsp3) is 0.364.